The van der Waals surface area contributed by atoms with Gasteiger partial charge in [0.25, 0.3) is 0 Å². The Morgan fingerprint density at radius 2 is 1.76 bits per heavy atom. The zero-order valence-corrected chi connectivity index (χ0v) is 11.2. The van der Waals surface area contributed by atoms with Gasteiger partial charge in [0.1, 0.15) is 5.82 Å². The molecule has 1 N–H and O–H groups in total. The highest BCUT2D eigenvalue weighted by Gasteiger charge is 2.29. The van der Waals surface area contributed by atoms with Gasteiger partial charge in [-0.25, -0.2) is 4.39 Å². The van der Waals surface area contributed by atoms with Gasteiger partial charge in [0.2, 0.25) is 0 Å². The van der Waals surface area contributed by atoms with E-state index in [1.165, 1.54) is 23.1 Å². The van der Waals surface area contributed by atoms with Gasteiger partial charge in [-0.1, -0.05) is 30.3 Å². The summed E-state index contributed by atoms with van der Waals surface area (Å²) in [5, 5.41) is 2.31. The third-order valence-corrected chi connectivity index (χ3v) is 3.45. The fourth-order valence-electron chi connectivity index (χ4n) is 2.41. The second-order valence-corrected chi connectivity index (χ2v) is 4.77. The number of nitrogens with zero attached hydrogens (tertiary/aromatic N) is 1. The summed E-state index contributed by atoms with van der Waals surface area (Å²) in [5.41, 5.74) is 1.78. The molecular formula is C16H13FN2O2. The zero-order chi connectivity index (χ0) is 14.8. The van der Waals surface area contributed by atoms with Crippen LogP contribution in [0.25, 0.3) is 0 Å². The average Bonchev–Trinajstić information content (AvgIpc) is 2.92. The minimum absolute atomic E-state index is 0.00309. The second-order valence-electron chi connectivity index (χ2n) is 4.77. The first-order valence-corrected chi connectivity index (χ1v) is 6.62. The molecule has 1 aliphatic heterocycles. The molecule has 0 atom stereocenters. The van der Waals surface area contributed by atoms with Crippen LogP contribution in [0.3, 0.4) is 0 Å². The molecule has 0 aromatic heterocycles. The van der Waals surface area contributed by atoms with Crippen LogP contribution in [0.1, 0.15) is 5.56 Å². The molecule has 1 aliphatic rings. The predicted molar refractivity (Wildman–Crippen MR) is 77.5 cm³/mol. The lowest BCUT2D eigenvalue weighted by atomic mass is 10.2. The Morgan fingerprint density at radius 3 is 2.57 bits per heavy atom. The second kappa shape index (κ2) is 5.36. The molecule has 0 saturated heterocycles. The van der Waals surface area contributed by atoms with Gasteiger partial charge in [-0.3, -0.25) is 9.59 Å². The van der Waals surface area contributed by atoms with Crippen LogP contribution in [-0.4, -0.2) is 18.4 Å². The Morgan fingerprint density at radius 1 is 1.05 bits per heavy atom. The molecule has 2 amide bonds. The molecule has 2 aromatic rings. The Balaban J connectivity index is 1.78. The first-order valence-electron chi connectivity index (χ1n) is 6.62. The summed E-state index contributed by atoms with van der Waals surface area (Å²) in [6.07, 6.45) is 0.717. The topological polar surface area (TPSA) is 49.4 Å². The number of carbonyl (C=O) groups is 2. The lowest BCUT2D eigenvalue weighted by molar-refractivity contribution is -0.134. The van der Waals surface area contributed by atoms with E-state index in [1.54, 1.807) is 12.1 Å². The lowest BCUT2D eigenvalue weighted by Crippen LogP contribution is -2.38. The summed E-state index contributed by atoms with van der Waals surface area (Å²) in [6.45, 7) is 0.461. The fraction of sp³-hybridized carbons (Fsp3) is 0.125. The summed E-state index contributed by atoms with van der Waals surface area (Å²) in [7, 11) is 0. The summed E-state index contributed by atoms with van der Waals surface area (Å²) in [4.78, 5) is 25.6. The van der Waals surface area contributed by atoms with Crippen LogP contribution in [0, 0.1) is 5.82 Å². The van der Waals surface area contributed by atoms with E-state index < -0.39 is 17.6 Å². The van der Waals surface area contributed by atoms with Crippen molar-refractivity contribution in [3.05, 3.63) is 59.9 Å². The Bertz CT molecular complexity index is 715. The quantitative estimate of drug-likeness (QED) is 0.817. The number of fused-ring (bicyclic) bond motifs is 1. The van der Waals surface area contributed by atoms with E-state index in [2.05, 4.69) is 5.32 Å². The van der Waals surface area contributed by atoms with Gasteiger partial charge in [-0.2, -0.15) is 0 Å². The van der Waals surface area contributed by atoms with Crippen LogP contribution in [-0.2, 0) is 16.0 Å². The van der Waals surface area contributed by atoms with Crippen LogP contribution >= 0.6 is 0 Å². The molecular weight excluding hydrogens is 271 g/mol. The molecule has 0 saturated carbocycles. The van der Waals surface area contributed by atoms with E-state index in [4.69, 9.17) is 0 Å². The first kappa shape index (κ1) is 13.3. The Labute approximate surface area is 121 Å². The molecule has 0 fully saturated rings. The molecule has 0 aliphatic carbocycles. The van der Waals surface area contributed by atoms with Crippen molar-refractivity contribution in [1.29, 1.82) is 0 Å². The summed E-state index contributed by atoms with van der Waals surface area (Å²) < 4.78 is 13.5. The van der Waals surface area contributed by atoms with E-state index >= 15 is 0 Å². The number of nitrogens with one attached hydrogen (secondary N) is 1. The summed E-state index contributed by atoms with van der Waals surface area (Å²) >= 11 is 0. The number of benzene rings is 2. The van der Waals surface area contributed by atoms with E-state index in [0.717, 1.165) is 17.7 Å². The maximum Gasteiger partial charge on any atom is 0.316 e. The minimum Gasteiger partial charge on any atom is -0.315 e. The van der Waals surface area contributed by atoms with Gasteiger partial charge in [0.15, 0.2) is 0 Å². The maximum absolute atomic E-state index is 13.5. The van der Waals surface area contributed by atoms with Crippen molar-refractivity contribution in [2.45, 2.75) is 6.42 Å². The van der Waals surface area contributed by atoms with Crippen molar-refractivity contribution in [3.8, 4) is 0 Å². The number of hydrogen-bond donors (Lipinski definition) is 1. The number of amides is 2. The lowest BCUT2D eigenvalue weighted by Gasteiger charge is -2.16. The molecule has 0 spiro atoms. The largest absolute Gasteiger partial charge is 0.316 e. The van der Waals surface area contributed by atoms with Gasteiger partial charge in [-0.05, 0) is 30.2 Å². The molecule has 5 heteroatoms. The molecule has 3 rings (SSSR count). The van der Waals surface area contributed by atoms with Crippen molar-refractivity contribution in [2.75, 3.05) is 16.8 Å². The number of rotatable bonds is 1. The molecule has 2 aromatic carbocycles. The monoisotopic (exact) mass is 284 g/mol. The van der Waals surface area contributed by atoms with E-state index in [0.29, 0.717) is 6.54 Å². The van der Waals surface area contributed by atoms with Crippen molar-refractivity contribution in [2.24, 2.45) is 0 Å². The van der Waals surface area contributed by atoms with Crippen LogP contribution in [0.5, 0.6) is 0 Å². The molecule has 0 bridgehead atoms. The van der Waals surface area contributed by atoms with Gasteiger partial charge >= 0.3 is 11.8 Å². The van der Waals surface area contributed by atoms with Crippen molar-refractivity contribution >= 4 is 23.2 Å². The van der Waals surface area contributed by atoms with Crippen LogP contribution in [0.2, 0.25) is 0 Å². The molecule has 0 radical (unpaired) electrons. The van der Waals surface area contributed by atoms with E-state index in [1.807, 2.05) is 18.2 Å². The number of carbonyl (C=O) groups excluding carboxylic acids is 2. The number of anilines is 2. The highest BCUT2D eigenvalue weighted by molar-refractivity contribution is 6.44. The molecule has 1 heterocycles. The zero-order valence-electron chi connectivity index (χ0n) is 11.2. The Hall–Kier alpha value is -2.69. The average molecular weight is 284 g/mol. The SMILES string of the molecule is O=C(Nc1ccccc1F)C(=O)N1CCc2ccccc21. The fourth-order valence-corrected chi connectivity index (χ4v) is 2.41. The number of halogens is 1. The van der Waals surface area contributed by atoms with Gasteiger partial charge in [0.05, 0.1) is 5.69 Å². The van der Waals surface area contributed by atoms with Crippen LogP contribution in [0.15, 0.2) is 48.5 Å². The molecule has 4 nitrogen and oxygen atoms in total. The van der Waals surface area contributed by atoms with Crippen molar-refractivity contribution < 1.29 is 14.0 Å². The van der Waals surface area contributed by atoms with Crippen LogP contribution in [0.4, 0.5) is 15.8 Å². The molecule has 106 valence electrons. The molecule has 21 heavy (non-hydrogen) atoms. The Kier molecular flexibility index (Phi) is 3.39. The van der Waals surface area contributed by atoms with Gasteiger partial charge in [0, 0.05) is 12.2 Å². The first-order chi connectivity index (χ1) is 10.2. The predicted octanol–water partition coefficient (Wildman–Crippen LogP) is 2.35. The highest BCUT2D eigenvalue weighted by atomic mass is 19.1. The standard InChI is InChI=1S/C16H13FN2O2/c17-12-6-2-3-7-13(12)18-15(20)16(21)19-10-9-11-5-1-4-8-14(11)19/h1-8H,9-10H2,(H,18,20). The van der Waals surface area contributed by atoms with Gasteiger partial charge < -0.3 is 10.2 Å². The summed E-state index contributed by atoms with van der Waals surface area (Å²) in [6, 6.07) is 13.2. The van der Waals surface area contributed by atoms with Crippen molar-refractivity contribution in [3.63, 3.8) is 0 Å². The van der Waals surface area contributed by atoms with E-state index in [-0.39, 0.29) is 5.69 Å². The van der Waals surface area contributed by atoms with Crippen LogP contribution < -0.4 is 10.2 Å². The number of hydrogen-bond acceptors (Lipinski definition) is 2. The van der Waals surface area contributed by atoms with Crippen molar-refractivity contribution in [1.82, 2.24) is 0 Å². The number of para-hydroxylation sites is 2. The van der Waals surface area contributed by atoms with E-state index in [9.17, 15) is 14.0 Å². The maximum atomic E-state index is 13.5. The molecule has 0 unspecified atom stereocenters. The smallest absolute Gasteiger partial charge is 0.315 e. The summed E-state index contributed by atoms with van der Waals surface area (Å²) in [5.74, 6) is -2.08. The van der Waals surface area contributed by atoms with Gasteiger partial charge in [-0.15, -0.1) is 0 Å². The highest BCUT2D eigenvalue weighted by Crippen LogP contribution is 2.27. The third kappa shape index (κ3) is 2.50. The normalized spacial score (nSPS) is 12.9. The minimum atomic E-state index is -0.836. The third-order valence-electron chi connectivity index (χ3n) is 3.45.